The molecule has 4 nitrogen and oxygen atoms in total. The molecular weight excluding hydrogens is 224 g/mol. The van der Waals surface area contributed by atoms with Crippen molar-refractivity contribution in [1.82, 2.24) is 19.3 Å². The maximum atomic E-state index is 4.58. The van der Waals surface area contributed by atoms with Crippen LogP contribution in [0.4, 0.5) is 0 Å². The van der Waals surface area contributed by atoms with Crippen LogP contribution in [0.2, 0.25) is 0 Å². The van der Waals surface area contributed by atoms with Crippen molar-refractivity contribution in [2.45, 2.75) is 40.7 Å². The van der Waals surface area contributed by atoms with Crippen molar-refractivity contribution >= 4 is 5.65 Å². The molecule has 2 aromatic heterocycles. The second kappa shape index (κ2) is 7.11. The number of hydrogen-bond donors (Lipinski definition) is 0. The van der Waals surface area contributed by atoms with E-state index in [1.807, 2.05) is 40.1 Å². The number of hydrogen-bond acceptors (Lipinski definition) is 3. The third-order valence-electron chi connectivity index (χ3n) is 2.76. The van der Waals surface area contributed by atoms with Gasteiger partial charge in [-0.3, -0.25) is 4.40 Å². The van der Waals surface area contributed by atoms with Gasteiger partial charge >= 0.3 is 0 Å². The van der Waals surface area contributed by atoms with Gasteiger partial charge in [-0.1, -0.05) is 27.7 Å². The Morgan fingerprint density at radius 3 is 2.61 bits per heavy atom. The molecule has 0 saturated heterocycles. The van der Waals surface area contributed by atoms with Crippen molar-refractivity contribution < 1.29 is 0 Å². The molecule has 0 bridgehead atoms. The molecule has 0 unspecified atom stereocenters. The first-order valence-corrected chi connectivity index (χ1v) is 6.83. The maximum absolute atomic E-state index is 4.58. The number of aromatic nitrogens is 3. The normalized spacial score (nSPS) is 14.1. The predicted octanol–water partition coefficient (Wildman–Crippen LogP) is 2.77. The van der Waals surface area contributed by atoms with Crippen LogP contribution in [-0.2, 0) is 13.0 Å². The second-order valence-electron chi connectivity index (χ2n) is 3.80. The largest absolute Gasteiger partial charge is 0.300 e. The number of likely N-dealkylation sites (N-methyl/N-ethyl adjacent to an activating group) is 1. The number of nitrogens with zero attached hydrogens (tertiary/aromatic N) is 4. The van der Waals surface area contributed by atoms with Gasteiger partial charge in [-0.05, 0) is 13.1 Å². The van der Waals surface area contributed by atoms with E-state index in [1.165, 1.54) is 11.4 Å². The highest BCUT2D eigenvalue weighted by atomic mass is 15.2. The molecule has 4 heteroatoms. The fourth-order valence-electron chi connectivity index (χ4n) is 1.99. The molecule has 1 aliphatic heterocycles. The standard InChI is InChI=1S/C10H12N4.2C2H6/c1-13-5-3-8-9(6-13)14-7-11-4-2-10(14)12-8;2*1-2/h2,4,7H,3,5-6H2,1H3;2*1-2H3. The molecule has 3 heterocycles. The summed E-state index contributed by atoms with van der Waals surface area (Å²) in [6.07, 6.45) is 4.69. The minimum absolute atomic E-state index is 0.974. The highest BCUT2D eigenvalue weighted by molar-refractivity contribution is 5.42. The molecule has 0 spiro atoms. The van der Waals surface area contributed by atoms with Crippen molar-refractivity contribution in [2.75, 3.05) is 13.6 Å². The average molecular weight is 248 g/mol. The first kappa shape index (κ1) is 14.6. The highest BCUT2D eigenvalue weighted by Gasteiger charge is 2.18. The van der Waals surface area contributed by atoms with Gasteiger partial charge in [0.05, 0.1) is 11.4 Å². The first-order chi connectivity index (χ1) is 8.84. The lowest BCUT2D eigenvalue weighted by molar-refractivity contribution is 0.305. The Balaban J connectivity index is 0.000000371. The van der Waals surface area contributed by atoms with Gasteiger partial charge in [0.2, 0.25) is 0 Å². The van der Waals surface area contributed by atoms with E-state index in [9.17, 15) is 0 Å². The van der Waals surface area contributed by atoms with Gasteiger partial charge in [-0.2, -0.15) is 0 Å². The van der Waals surface area contributed by atoms with Crippen LogP contribution in [0.25, 0.3) is 5.65 Å². The van der Waals surface area contributed by atoms with E-state index in [-0.39, 0.29) is 0 Å². The molecule has 1 aliphatic rings. The zero-order chi connectivity index (χ0) is 13.5. The van der Waals surface area contributed by atoms with Crippen molar-refractivity contribution in [1.29, 1.82) is 0 Å². The van der Waals surface area contributed by atoms with E-state index in [0.717, 1.165) is 25.2 Å². The van der Waals surface area contributed by atoms with Gasteiger partial charge < -0.3 is 4.90 Å². The van der Waals surface area contributed by atoms with E-state index in [1.54, 1.807) is 6.20 Å². The van der Waals surface area contributed by atoms with Crippen molar-refractivity contribution in [3.63, 3.8) is 0 Å². The van der Waals surface area contributed by atoms with E-state index in [2.05, 4.69) is 26.3 Å². The van der Waals surface area contributed by atoms with Gasteiger partial charge in [0.15, 0.2) is 0 Å². The predicted molar refractivity (Wildman–Crippen MR) is 75.7 cm³/mol. The van der Waals surface area contributed by atoms with Gasteiger partial charge in [0, 0.05) is 25.7 Å². The lowest BCUT2D eigenvalue weighted by Crippen LogP contribution is -2.27. The fraction of sp³-hybridized carbons (Fsp3) is 0.571. The summed E-state index contributed by atoms with van der Waals surface area (Å²) >= 11 is 0. The van der Waals surface area contributed by atoms with Gasteiger partial charge in [0.25, 0.3) is 0 Å². The third kappa shape index (κ3) is 2.88. The summed E-state index contributed by atoms with van der Waals surface area (Å²) < 4.78 is 2.09. The average Bonchev–Trinajstić information content (AvgIpc) is 2.81. The Kier molecular flexibility index (Phi) is 5.78. The summed E-state index contributed by atoms with van der Waals surface area (Å²) in [7, 11) is 2.14. The Morgan fingerprint density at radius 1 is 1.17 bits per heavy atom. The number of imidazole rings is 1. The van der Waals surface area contributed by atoms with Crippen molar-refractivity contribution in [2.24, 2.45) is 0 Å². The summed E-state index contributed by atoms with van der Waals surface area (Å²) in [5.74, 6) is 0. The van der Waals surface area contributed by atoms with E-state index in [4.69, 9.17) is 0 Å². The van der Waals surface area contributed by atoms with Crippen LogP contribution in [0.1, 0.15) is 39.1 Å². The van der Waals surface area contributed by atoms with Crippen molar-refractivity contribution in [3.05, 3.63) is 30.0 Å². The van der Waals surface area contributed by atoms with Crippen LogP contribution >= 0.6 is 0 Å². The Morgan fingerprint density at radius 2 is 1.89 bits per heavy atom. The molecule has 0 aromatic carbocycles. The number of fused-ring (bicyclic) bond motifs is 3. The quantitative estimate of drug-likeness (QED) is 0.719. The topological polar surface area (TPSA) is 33.4 Å². The van der Waals surface area contributed by atoms with Crippen LogP contribution in [0.5, 0.6) is 0 Å². The number of rotatable bonds is 0. The molecule has 0 N–H and O–H groups in total. The fourth-order valence-corrected chi connectivity index (χ4v) is 1.99. The van der Waals surface area contributed by atoms with Crippen LogP contribution in [-0.4, -0.2) is 32.9 Å². The van der Waals surface area contributed by atoms with Gasteiger partial charge in [0.1, 0.15) is 12.0 Å². The highest BCUT2D eigenvalue weighted by Crippen LogP contribution is 2.18. The first-order valence-electron chi connectivity index (χ1n) is 6.83. The van der Waals surface area contributed by atoms with Crippen molar-refractivity contribution in [3.8, 4) is 0 Å². The van der Waals surface area contributed by atoms with E-state index in [0.29, 0.717) is 0 Å². The summed E-state index contributed by atoms with van der Waals surface area (Å²) in [6.45, 7) is 10.1. The smallest absolute Gasteiger partial charge is 0.140 e. The molecular formula is C14H24N4. The maximum Gasteiger partial charge on any atom is 0.140 e. The SMILES string of the molecule is CC.CC.CN1CCc2nc3ccncn3c2C1. The second-order valence-corrected chi connectivity index (χ2v) is 3.80. The zero-order valence-corrected chi connectivity index (χ0v) is 12.1. The Bertz CT molecular complexity index is 476. The van der Waals surface area contributed by atoms with E-state index >= 15 is 0 Å². The van der Waals surface area contributed by atoms with Crippen LogP contribution in [0.15, 0.2) is 18.6 Å². The monoisotopic (exact) mass is 248 g/mol. The molecule has 18 heavy (non-hydrogen) atoms. The molecule has 100 valence electrons. The van der Waals surface area contributed by atoms with Crippen LogP contribution in [0, 0.1) is 0 Å². The minimum Gasteiger partial charge on any atom is -0.300 e. The lowest BCUT2D eigenvalue weighted by atomic mass is 10.1. The Hall–Kier alpha value is -1.42. The summed E-state index contributed by atoms with van der Waals surface area (Å²) in [4.78, 5) is 11.0. The minimum atomic E-state index is 0.974. The summed E-state index contributed by atoms with van der Waals surface area (Å²) in [5.41, 5.74) is 3.54. The van der Waals surface area contributed by atoms with Gasteiger partial charge in [-0.25, -0.2) is 9.97 Å². The van der Waals surface area contributed by atoms with Crippen LogP contribution in [0.3, 0.4) is 0 Å². The summed E-state index contributed by atoms with van der Waals surface area (Å²) in [6, 6.07) is 1.96. The molecule has 0 atom stereocenters. The molecule has 2 aromatic rings. The molecule has 0 fully saturated rings. The third-order valence-corrected chi connectivity index (χ3v) is 2.76. The van der Waals surface area contributed by atoms with E-state index < -0.39 is 0 Å². The van der Waals surface area contributed by atoms with Crippen LogP contribution < -0.4 is 0 Å². The molecule has 0 aliphatic carbocycles. The molecule has 0 amide bonds. The molecule has 0 saturated carbocycles. The molecule has 3 rings (SSSR count). The molecule has 0 radical (unpaired) electrons. The lowest BCUT2D eigenvalue weighted by Gasteiger charge is -2.21. The zero-order valence-electron chi connectivity index (χ0n) is 12.1. The van der Waals surface area contributed by atoms with Gasteiger partial charge in [-0.15, -0.1) is 0 Å². The summed E-state index contributed by atoms with van der Waals surface area (Å²) in [5, 5.41) is 0. The Labute approximate surface area is 110 Å².